The molecule has 1 rings (SSSR count). The quantitative estimate of drug-likeness (QED) is 0.845. The Hall–Kier alpha value is -1.39. The molecule has 0 aliphatic carbocycles. The molecule has 0 bridgehead atoms. The lowest BCUT2D eigenvalue weighted by molar-refractivity contribution is 0.391. The van der Waals surface area contributed by atoms with Gasteiger partial charge in [0.1, 0.15) is 22.7 Å². The number of nitrogens with one attached hydrogen (secondary N) is 1. The highest BCUT2D eigenvalue weighted by Gasteiger charge is 2.31. The minimum Gasteiger partial charge on any atom is -0.361 e. The van der Waals surface area contributed by atoms with Gasteiger partial charge in [0.2, 0.25) is 10.0 Å². The average molecular weight is 271 g/mol. The van der Waals surface area contributed by atoms with Crippen molar-refractivity contribution in [3.05, 3.63) is 17.5 Å². The Balaban J connectivity index is 2.85. The van der Waals surface area contributed by atoms with Crippen molar-refractivity contribution < 1.29 is 12.9 Å². The maximum absolute atomic E-state index is 12.0. The van der Waals surface area contributed by atoms with E-state index in [0.29, 0.717) is 24.3 Å². The number of aromatic nitrogens is 1. The van der Waals surface area contributed by atoms with Crippen LogP contribution in [0.4, 0.5) is 0 Å². The molecule has 0 aromatic carbocycles. The summed E-state index contributed by atoms with van der Waals surface area (Å²) in [6.07, 6.45) is 0.828. The van der Waals surface area contributed by atoms with E-state index in [1.807, 2.05) is 6.07 Å². The topological polar surface area (TPSA) is 96.0 Å². The van der Waals surface area contributed by atoms with Crippen molar-refractivity contribution in [2.45, 2.75) is 44.9 Å². The molecule has 0 unspecified atom stereocenters. The third-order valence-electron chi connectivity index (χ3n) is 2.79. The van der Waals surface area contributed by atoms with Gasteiger partial charge in [-0.3, -0.25) is 0 Å². The van der Waals surface area contributed by atoms with E-state index >= 15 is 0 Å². The molecule has 7 heteroatoms. The maximum Gasteiger partial charge on any atom is 0.218 e. The highest BCUT2D eigenvalue weighted by atomic mass is 32.2. The molecule has 0 fully saturated rings. The zero-order valence-electron chi connectivity index (χ0n) is 10.7. The Labute approximate surface area is 107 Å². The number of aryl methyl sites for hydroxylation is 1. The normalized spacial score (nSPS) is 12.3. The lowest BCUT2D eigenvalue weighted by Crippen LogP contribution is -2.46. The standard InChI is InChI=1S/C11H17N3O3S/c1-4-11(5-2,8-12)14-18(15,16)7-10-6-9(3)17-13-10/h6,14H,4-5,7H2,1-3H3. The predicted molar refractivity (Wildman–Crippen MR) is 65.9 cm³/mol. The summed E-state index contributed by atoms with van der Waals surface area (Å²) in [5.41, 5.74) is -0.712. The van der Waals surface area contributed by atoms with Gasteiger partial charge in [0.05, 0.1) is 6.07 Å². The van der Waals surface area contributed by atoms with Gasteiger partial charge >= 0.3 is 0 Å². The van der Waals surface area contributed by atoms with Gasteiger partial charge < -0.3 is 4.52 Å². The molecule has 100 valence electrons. The molecular weight excluding hydrogens is 254 g/mol. The molecule has 1 N–H and O–H groups in total. The van der Waals surface area contributed by atoms with Crippen LogP contribution in [0.3, 0.4) is 0 Å². The summed E-state index contributed by atoms with van der Waals surface area (Å²) in [5, 5.41) is 12.7. The van der Waals surface area contributed by atoms with Crippen LogP contribution in [0.2, 0.25) is 0 Å². The second kappa shape index (κ2) is 5.50. The van der Waals surface area contributed by atoms with E-state index in [-0.39, 0.29) is 5.75 Å². The minimum absolute atomic E-state index is 0.284. The Morgan fingerprint density at radius 3 is 2.50 bits per heavy atom. The van der Waals surface area contributed by atoms with E-state index in [0.717, 1.165) is 0 Å². The first-order valence-electron chi connectivity index (χ1n) is 5.71. The summed E-state index contributed by atoms with van der Waals surface area (Å²) in [6.45, 7) is 5.24. The molecule has 1 heterocycles. The summed E-state index contributed by atoms with van der Waals surface area (Å²) in [4.78, 5) is 0. The van der Waals surface area contributed by atoms with E-state index in [9.17, 15) is 8.42 Å². The van der Waals surface area contributed by atoms with E-state index in [2.05, 4.69) is 9.88 Å². The van der Waals surface area contributed by atoms with Crippen LogP contribution in [0.1, 0.15) is 38.1 Å². The molecule has 18 heavy (non-hydrogen) atoms. The number of sulfonamides is 1. The highest BCUT2D eigenvalue weighted by molar-refractivity contribution is 7.88. The first kappa shape index (κ1) is 14.7. The second-order valence-electron chi connectivity index (χ2n) is 4.19. The Morgan fingerprint density at radius 2 is 2.11 bits per heavy atom. The largest absolute Gasteiger partial charge is 0.361 e. The maximum atomic E-state index is 12.0. The lowest BCUT2D eigenvalue weighted by atomic mass is 9.97. The van der Waals surface area contributed by atoms with E-state index in [1.165, 1.54) is 0 Å². The van der Waals surface area contributed by atoms with Crippen molar-refractivity contribution in [3.63, 3.8) is 0 Å². The van der Waals surface area contributed by atoms with Gasteiger partial charge in [0.25, 0.3) is 0 Å². The van der Waals surface area contributed by atoms with Gasteiger partial charge in [-0.15, -0.1) is 0 Å². The van der Waals surface area contributed by atoms with Gasteiger partial charge in [-0.05, 0) is 19.8 Å². The zero-order valence-corrected chi connectivity index (χ0v) is 11.5. The van der Waals surface area contributed by atoms with E-state index in [1.54, 1.807) is 26.8 Å². The summed E-state index contributed by atoms with van der Waals surface area (Å²) >= 11 is 0. The van der Waals surface area contributed by atoms with Gasteiger partial charge in [0, 0.05) is 6.07 Å². The Kier molecular flexibility index (Phi) is 4.48. The average Bonchev–Trinajstić information content (AvgIpc) is 2.71. The van der Waals surface area contributed by atoms with Crippen LogP contribution in [0.5, 0.6) is 0 Å². The highest BCUT2D eigenvalue weighted by Crippen LogP contribution is 2.16. The number of hydrogen-bond donors (Lipinski definition) is 1. The Bertz CT molecular complexity index is 538. The number of hydrogen-bond acceptors (Lipinski definition) is 5. The molecule has 1 aromatic heterocycles. The Morgan fingerprint density at radius 1 is 1.50 bits per heavy atom. The van der Waals surface area contributed by atoms with Crippen molar-refractivity contribution in [2.24, 2.45) is 0 Å². The molecule has 0 saturated heterocycles. The van der Waals surface area contributed by atoms with Crippen molar-refractivity contribution in [1.82, 2.24) is 9.88 Å². The fourth-order valence-corrected chi connectivity index (χ4v) is 3.12. The predicted octanol–water partition coefficient (Wildman–Crippen LogP) is 1.48. The third kappa shape index (κ3) is 3.55. The molecule has 0 spiro atoms. The van der Waals surface area contributed by atoms with Crippen molar-refractivity contribution in [3.8, 4) is 6.07 Å². The van der Waals surface area contributed by atoms with Gasteiger partial charge in [-0.1, -0.05) is 19.0 Å². The fourth-order valence-electron chi connectivity index (χ4n) is 1.59. The number of nitriles is 1. The van der Waals surface area contributed by atoms with Crippen LogP contribution in [0, 0.1) is 18.3 Å². The smallest absolute Gasteiger partial charge is 0.218 e. The van der Waals surface area contributed by atoms with Crippen LogP contribution in [-0.4, -0.2) is 19.1 Å². The number of rotatable bonds is 6. The minimum atomic E-state index is -3.61. The molecule has 0 aliphatic heterocycles. The summed E-state index contributed by atoms with van der Waals surface area (Å²) < 4.78 is 31.2. The second-order valence-corrected chi connectivity index (χ2v) is 5.91. The third-order valence-corrected chi connectivity index (χ3v) is 4.16. The summed E-state index contributed by atoms with van der Waals surface area (Å²) in [6, 6.07) is 3.59. The molecule has 0 atom stereocenters. The molecule has 0 saturated carbocycles. The summed E-state index contributed by atoms with van der Waals surface area (Å²) in [7, 11) is -3.61. The molecule has 0 radical (unpaired) electrons. The fraction of sp³-hybridized carbons (Fsp3) is 0.636. The van der Waals surface area contributed by atoms with E-state index < -0.39 is 15.6 Å². The molecule has 0 aliphatic rings. The first-order chi connectivity index (χ1) is 8.36. The molecule has 0 amide bonds. The molecular formula is C11H17N3O3S. The van der Waals surface area contributed by atoms with Crippen LogP contribution in [0.15, 0.2) is 10.6 Å². The van der Waals surface area contributed by atoms with Crippen LogP contribution in [0.25, 0.3) is 0 Å². The van der Waals surface area contributed by atoms with Crippen LogP contribution < -0.4 is 4.72 Å². The van der Waals surface area contributed by atoms with Crippen molar-refractivity contribution in [1.29, 1.82) is 5.26 Å². The van der Waals surface area contributed by atoms with Gasteiger partial charge in [0.15, 0.2) is 0 Å². The number of nitrogens with zero attached hydrogens (tertiary/aromatic N) is 2. The van der Waals surface area contributed by atoms with Gasteiger partial charge in [-0.2, -0.15) is 9.98 Å². The van der Waals surface area contributed by atoms with Gasteiger partial charge in [-0.25, -0.2) is 8.42 Å². The van der Waals surface area contributed by atoms with Crippen molar-refractivity contribution >= 4 is 10.0 Å². The van der Waals surface area contributed by atoms with Crippen LogP contribution in [-0.2, 0) is 15.8 Å². The molecule has 6 nitrogen and oxygen atoms in total. The van der Waals surface area contributed by atoms with E-state index in [4.69, 9.17) is 9.78 Å². The lowest BCUT2D eigenvalue weighted by Gasteiger charge is -2.24. The monoisotopic (exact) mass is 271 g/mol. The van der Waals surface area contributed by atoms with Crippen molar-refractivity contribution in [2.75, 3.05) is 0 Å². The van der Waals surface area contributed by atoms with Crippen LogP contribution >= 0.6 is 0 Å². The molecule has 1 aromatic rings. The zero-order chi connectivity index (χ0) is 13.8. The summed E-state index contributed by atoms with van der Waals surface area (Å²) in [5.74, 6) is 0.269. The first-order valence-corrected chi connectivity index (χ1v) is 7.36. The SMILES string of the molecule is CCC(C#N)(CC)NS(=O)(=O)Cc1cc(C)on1.